The van der Waals surface area contributed by atoms with E-state index >= 15 is 0 Å². The van der Waals surface area contributed by atoms with Gasteiger partial charge < -0.3 is 0 Å². The summed E-state index contributed by atoms with van der Waals surface area (Å²) < 4.78 is 0. The van der Waals surface area contributed by atoms with Crippen molar-refractivity contribution in [1.29, 1.82) is 0 Å². The largest absolute Gasteiger partial charge is 0.0629 e. The Morgan fingerprint density at radius 1 is 0.840 bits per heavy atom. The van der Waals surface area contributed by atoms with Gasteiger partial charge >= 0.3 is 0 Å². The summed E-state index contributed by atoms with van der Waals surface area (Å²) in [6.45, 7) is 14.1. The molecule has 1 heteroatoms. The number of hydrogen-bond acceptors (Lipinski definition) is 0. The molecule has 0 saturated heterocycles. The molecular weight excluding hydrogens is 316 g/mol. The summed E-state index contributed by atoms with van der Waals surface area (Å²) in [4.78, 5) is 1.58. The maximum Gasteiger partial charge on any atom is 0.0136 e. The van der Waals surface area contributed by atoms with Gasteiger partial charge in [0.2, 0.25) is 0 Å². The van der Waals surface area contributed by atoms with E-state index in [0.29, 0.717) is 5.92 Å². The lowest BCUT2D eigenvalue weighted by atomic mass is 9.88. The molecule has 0 radical (unpaired) electrons. The SMILES string of the molecule is CC1=C(C)C(C)C(c2c3c(ccc2=[Si](C)C)=c2ccccc2=C3)=C1C. The topological polar surface area (TPSA) is 0 Å². The molecule has 0 fully saturated rings. The predicted molar refractivity (Wildman–Crippen MR) is 110 cm³/mol. The van der Waals surface area contributed by atoms with Crippen LogP contribution in [0, 0.1) is 21.2 Å². The molecule has 0 amide bonds. The van der Waals surface area contributed by atoms with Gasteiger partial charge in [-0.2, -0.15) is 0 Å². The van der Waals surface area contributed by atoms with Gasteiger partial charge in [0.15, 0.2) is 0 Å². The molecule has 25 heavy (non-hydrogen) atoms. The van der Waals surface area contributed by atoms with Crippen LogP contribution in [0.5, 0.6) is 0 Å². The lowest BCUT2D eigenvalue weighted by molar-refractivity contribution is 0.894. The van der Waals surface area contributed by atoms with Crippen LogP contribution in [0.1, 0.15) is 38.8 Å². The number of hydrogen-bond donors (Lipinski definition) is 0. The Bertz CT molecular complexity index is 1190. The van der Waals surface area contributed by atoms with E-state index in [4.69, 9.17) is 0 Å². The van der Waals surface area contributed by atoms with Crippen molar-refractivity contribution in [2.45, 2.75) is 40.8 Å². The molecule has 0 aliphatic heterocycles. The van der Waals surface area contributed by atoms with Crippen molar-refractivity contribution >= 4 is 20.1 Å². The first-order valence-electron chi connectivity index (χ1n) is 9.22. The van der Waals surface area contributed by atoms with Crippen LogP contribution in [-0.4, -0.2) is 8.41 Å². The molecule has 0 aromatic heterocycles. The van der Waals surface area contributed by atoms with Crippen molar-refractivity contribution in [3.63, 3.8) is 0 Å². The molecule has 126 valence electrons. The van der Waals surface area contributed by atoms with Crippen LogP contribution in [0.15, 0.2) is 53.1 Å². The second kappa shape index (κ2) is 5.78. The molecular formula is C24H26Si. The Kier molecular flexibility index (Phi) is 3.81. The standard InChI is InChI=1S/C24H26Si/c1-14-15(2)17(4)23(16(14)3)24-21-13-18-9-7-8-10-19(18)20(21)11-12-22(24)25(5)6/h7-13,16H,1-6H3. The van der Waals surface area contributed by atoms with Gasteiger partial charge in [-0.3, -0.25) is 0 Å². The van der Waals surface area contributed by atoms with E-state index in [1.54, 1.807) is 10.4 Å². The summed E-state index contributed by atoms with van der Waals surface area (Å²) in [5.74, 6) is 0.517. The first-order valence-corrected chi connectivity index (χ1v) is 11.7. The van der Waals surface area contributed by atoms with Crippen LogP contribution in [0.25, 0.3) is 11.6 Å². The van der Waals surface area contributed by atoms with Crippen molar-refractivity contribution < 1.29 is 0 Å². The molecule has 4 rings (SSSR count). The lowest BCUT2D eigenvalue weighted by Crippen LogP contribution is -2.04. The van der Waals surface area contributed by atoms with Crippen LogP contribution >= 0.6 is 0 Å². The van der Waals surface area contributed by atoms with E-state index in [9.17, 15) is 0 Å². The average molecular weight is 343 g/mol. The Morgan fingerprint density at radius 2 is 1.56 bits per heavy atom. The molecule has 0 nitrogen and oxygen atoms in total. The third kappa shape index (κ3) is 2.29. The molecule has 0 heterocycles. The average Bonchev–Trinajstić information content (AvgIpc) is 3.06. The Balaban J connectivity index is 2.19. The summed E-state index contributed by atoms with van der Waals surface area (Å²) in [6.07, 6.45) is 2.42. The molecule has 0 spiro atoms. The maximum atomic E-state index is 2.42. The van der Waals surface area contributed by atoms with Crippen LogP contribution in [0.4, 0.5) is 0 Å². The van der Waals surface area contributed by atoms with Crippen molar-refractivity contribution in [2.75, 3.05) is 0 Å². The quantitative estimate of drug-likeness (QED) is 0.515. The van der Waals surface area contributed by atoms with Gasteiger partial charge in [-0.15, -0.1) is 0 Å². The van der Waals surface area contributed by atoms with Crippen LogP contribution < -0.4 is 5.22 Å². The van der Waals surface area contributed by atoms with Crippen molar-refractivity contribution in [3.05, 3.63) is 84.7 Å². The fraction of sp³-hybridized carbons (Fsp3) is 0.292. The Labute approximate surface area is 151 Å². The normalized spacial score (nSPS) is 18.4. The summed E-state index contributed by atoms with van der Waals surface area (Å²) in [6, 6.07) is 13.6. The number of rotatable bonds is 1. The highest BCUT2D eigenvalue weighted by atomic mass is 28.2. The summed E-state index contributed by atoms with van der Waals surface area (Å²) in [7, 11) is -0.539. The maximum absolute atomic E-state index is 2.42. The van der Waals surface area contributed by atoms with Gasteiger partial charge in [0.1, 0.15) is 0 Å². The highest BCUT2D eigenvalue weighted by Crippen LogP contribution is 2.44. The van der Waals surface area contributed by atoms with E-state index < -0.39 is 8.41 Å². The van der Waals surface area contributed by atoms with E-state index in [0.717, 1.165) is 0 Å². The van der Waals surface area contributed by atoms with Gasteiger partial charge in [0.05, 0.1) is 0 Å². The van der Waals surface area contributed by atoms with Gasteiger partial charge in [-0.25, -0.2) is 0 Å². The van der Waals surface area contributed by atoms with Gasteiger partial charge in [0.25, 0.3) is 0 Å². The van der Waals surface area contributed by atoms with E-state index in [-0.39, 0.29) is 0 Å². The molecule has 2 aliphatic carbocycles. The van der Waals surface area contributed by atoms with Gasteiger partial charge in [0, 0.05) is 14.3 Å². The smallest absolute Gasteiger partial charge is 0.0136 e. The first-order chi connectivity index (χ1) is 11.9. The zero-order valence-corrected chi connectivity index (χ0v) is 17.1. The van der Waals surface area contributed by atoms with Gasteiger partial charge in [-0.05, 0) is 75.2 Å². The minimum Gasteiger partial charge on any atom is -0.0629 e. The van der Waals surface area contributed by atoms with Crippen LogP contribution in [0.2, 0.25) is 13.1 Å². The van der Waals surface area contributed by atoms with Crippen molar-refractivity contribution in [2.24, 2.45) is 5.92 Å². The molecule has 2 aliphatic rings. The second-order valence-corrected chi connectivity index (χ2v) is 10.3. The Morgan fingerprint density at radius 3 is 2.20 bits per heavy atom. The first kappa shape index (κ1) is 16.5. The molecule has 1 atom stereocenters. The monoisotopic (exact) mass is 342 g/mol. The summed E-state index contributed by atoms with van der Waals surface area (Å²) in [5.41, 5.74) is 9.07. The molecule has 0 N–H and O–H groups in total. The minimum absolute atomic E-state index is 0.517. The highest BCUT2D eigenvalue weighted by Gasteiger charge is 2.27. The van der Waals surface area contributed by atoms with Crippen molar-refractivity contribution in [1.82, 2.24) is 0 Å². The zero-order valence-electron chi connectivity index (χ0n) is 16.1. The third-order valence-corrected chi connectivity index (χ3v) is 7.74. The molecule has 0 saturated carbocycles. The van der Waals surface area contributed by atoms with Gasteiger partial charge in [-0.1, -0.05) is 62.0 Å². The minimum atomic E-state index is -0.539. The van der Waals surface area contributed by atoms with E-state index in [1.807, 2.05) is 0 Å². The Hall–Kier alpha value is -1.99. The number of allylic oxidation sites excluding steroid dienone is 4. The summed E-state index contributed by atoms with van der Waals surface area (Å²) >= 11 is 0. The molecule has 0 bridgehead atoms. The van der Waals surface area contributed by atoms with Crippen LogP contribution in [0.3, 0.4) is 0 Å². The van der Waals surface area contributed by atoms with E-state index in [1.165, 1.54) is 43.5 Å². The fourth-order valence-corrected chi connectivity index (χ4v) is 5.69. The van der Waals surface area contributed by atoms with E-state index in [2.05, 4.69) is 83.3 Å². The predicted octanol–water partition coefficient (Wildman–Crippen LogP) is 5.46. The van der Waals surface area contributed by atoms with Crippen LogP contribution in [-0.2, 0) is 0 Å². The lowest BCUT2D eigenvalue weighted by Gasteiger charge is -2.17. The number of benzene rings is 2. The third-order valence-electron chi connectivity index (χ3n) is 6.24. The fourth-order valence-electron chi connectivity index (χ4n) is 4.50. The van der Waals surface area contributed by atoms with Crippen molar-refractivity contribution in [3.8, 4) is 0 Å². The second-order valence-electron chi connectivity index (χ2n) is 7.75. The zero-order chi connectivity index (χ0) is 17.9. The molecule has 1 unspecified atom stereocenters. The summed E-state index contributed by atoms with van der Waals surface area (Å²) in [5, 5.41) is 4.16. The molecule has 2 aromatic rings. The molecule has 2 aromatic carbocycles. The number of fused-ring (bicyclic) bond motifs is 2. The highest BCUT2D eigenvalue weighted by molar-refractivity contribution is 6.47.